The highest BCUT2D eigenvalue weighted by Crippen LogP contribution is 2.45. The van der Waals surface area contributed by atoms with Gasteiger partial charge >= 0.3 is 0 Å². The van der Waals surface area contributed by atoms with Crippen LogP contribution in [0.15, 0.2) is 0 Å². The highest BCUT2D eigenvalue weighted by Gasteiger charge is 2.37. The zero-order valence-corrected chi connectivity index (χ0v) is 13.0. The summed E-state index contributed by atoms with van der Waals surface area (Å²) in [6.07, 6.45) is 2.33. The molecular weight excluding hydrogens is 234 g/mol. The molecule has 3 atom stereocenters. The topological polar surface area (TPSA) is 37.8 Å². The van der Waals surface area contributed by atoms with E-state index in [0.717, 1.165) is 31.3 Å². The quantitative estimate of drug-likeness (QED) is 0.855. The van der Waals surface area contributed by atoms with Gasteiger partial charge in [0.15, 0.2) is 0 Å². The lowest BCUT2D eigenvalue weighted by molar-refractivity contribution is 0.517. The predicted octanol–water partition coefficient (Wildman–Crippen LogP) is 3.00. The van der Waals surface area contributed by atoms with Crippen LogP contribution in [-0.4, -0.2) is 23.1 Å². The lowest BCUT2D eigenvalue weighted by Crippen LogP contribution is -2.22. The molecule has 0 radical (unpaired) electrons. The molecule has 1 aromatic heterocycles. The Morgan fingerprint density at radius 1 is 1.26 bits per heavy atom. The summed E-state index contributed by atoms with van der Waals surface area (Å²) >= 11 is 0. The smallest absolute Gasteiger partial charge is 0.132 e. The number of aromatic nitrogens is 2. The van der Waals surface area contributed by atoms with Crippen molar-refractivity contribution in [3.8, 4) is 0 Å². The van der Waals surface area contributed by atoms with Crippen LogP contribution >= 0.6 is 0 Å². The Kier molecular flexibility index (Phi) is 4.56. The molecule has 0 spiro atoms. The molecule has 0 bridgehead atoms. The number of nitrogens with zero attached hydrogens (tertiary/aromatic N) is 2. The number of nitrogens with one attached hydrogen (secondary N) is 1. The number of rotatable bonds is 6. The van der Waals surface area contributed by atoms with Crippen molar-refractivity contribution < 1.29 is 0 Å². The van der Waals surface area contributed by atoms with Crippen LogP contribution in [0.5, 0.6) is 0 Å². The molecule has 0 aromatic carbocycles. The molecule has 0 aliphatic heterocycles. The minimum absolute atomic E-state index is 0.616. The van der Waals surface area contributed by atoms with Crippen molar-refractivity contribution in [1.29, 1.82) is 0 Å². The van der Waals surface area contributed by atoms with Crippen LogP contribution in [0.3, 0.4) is 0 Å². The third-order valence-corrected chi connectivity index (χ3v) is 4.17. The van der Waals surface area contributed by atoms with E-state index in [-0.39, 0.29) is 0 Å². The Bertz CT molecular complexity index is 419. The third kappa shape index (κ3) is 3.53. The van der Waals surface area contributed by atoms with Crippen LogP contribution in [0, 0.1) is 25.7 Å². The van der Waals surface area contributed by atoms with Gasteiger partial charge in [0.2, 0.25) is 0 Å². The maximum atomic E-state index is 4.75. The minimum Gasteiger partial charge on any atom is -0.317 e. The molecule has 1 aromatic rings. The molecule has 1 aliphatic carbocycles. The van der Waals surface area contributed by atoms with Gasteiger partial charge in [-0.3, -0.25) is 0 Å². The van der Waals surface area contributed by atoms with Gasteiger partial charge in [0, 0.05) is 17.3 Å². The molecule has 2 rings (SSSR count). The average molecular weight is 261 g/mol. The Balaban J connectivity index is 2.08. The first-order valence-corrected chi connectivity index (χ1v) is 7.57. The first-order valence-electron chi connectivity index (χ1n) is 7.57. The summed E-state index contributed by atoms with van der Waals surface area (Å²) in [5.41, 5.74) is 3.72. The Morgan fingerprint density at radius 2 is 1.84 bits per heavy atom. The maximum absolute atomic E-state index is 4.75. The molecule has 0 amide bonds. The zero-order chi connectivity index (χ0) is 14.0. The van der Waals surface area contributed by atoms with E-state index in [4.69, 9.17) is 9.97 Å². The predicted molar refractivity (Wildman–Crippen MR) is 79.4 cm³/mol. The number of hydrogen-bond acceptors (Lipinski definition) is 3. The molecule has 3 heteroatoms. The van der Waals surface area contributed by atoms with E-state index >= 15 is 0 Å². The Labute approximate surface area is 117 Å². The first-order chi connectivity index (χ1) is 9.02. The van der Waals surface area contributed by atoms with E-state index in [1.54, 1.807) is 0 Å². The van der Waals surface area contributed by atoms with Crippen molar-refractivity contribution >= 4 is 0 Å². The lowest BCUT2D eigenvalue weighted by Gasteiger charge is -2.16. The summed E-state index contributed by atoms with van der Waals surface area (Å²) in [6.45, 7) is 13.1. The van der Waals surface area contributed by atoms with E-state index in [1.807, 2.05) is 0 Å². The van der Waals surface area contributed by atoms with Crippen molar-refractivity contribution in [3.63, 3.8) is 0 Å². The first kappa shape index (κ1) is 14.4. The maximum Gasteiger partial charge on any atom is 0.132 e. The van der Waals surface area contributed by atoms with Gasteiger partial charge in [-0.15, -0.1) is 0 Å². The molecule has 1 fully saturated rings. The lowest BCUT2D eigenvalue weighted by atomic mass is 9.98. The van der Waals surface area contributed by atoms with E-state index in [0.29, 0.717) is 11.8 Å². The monoisotopic (exact) mass is 261 g/mol. The second-order valence-electron chi connectivity index (χ2n) is 6.17. The molecule has 1 heterocycles. The summed E-state index contributed by atoms with van der Waals surface area (Å²) in [6, 6.07) is 0. The summed E-state index contributed by atoms with van der Waals surface area (Å²) in [7, 11) is 0. The zero-order valence-electron chi connectivity index (χ0n) is 13.0. The Morgan fingerprint density at radius 3 is 2.32 bits per heavy atom. The third-order valence-electron chi connectivity index (χ3n) is 4.17. The van der Waals surface area contributed by atoms with Gasteiger partial charge in [0.25, 0.3) is 0 Å². The van der Waals surface area contributed by atoms with Gasteiger partial charge in [0.1, 0.15) is 5.82 Å². The van der Waals surface area contributed by atoms with Crippen molar-refractivity contribution in [2.45, 2.75) is 53.4 Å². The van der Waals surface area contributed by atoms with Crippen molar-refractivity contribution in [2.24, 2.45) is 11.8 Å². The molecule has 19 heavy (non-hydrogen) atoms. The van der Waals surface area contributed by atoms with Crippen LogP contribution < -0.4 is 5.32 Å². The second-order valence-corrected chi connectivity index (χ2v) is 6.17. The number of aryl methyl sites for hydroxylation is 2. The van der Waals surface area contributed by atoms with E-state index in [1.165, 1.54) is 23.4 Å². The molecular formula is C16H27N3. The normalized spacial score (nSPS) is 23.4. The Hall–Kier alpha value is -0.960. The van der Waals surface area contributed by atoms with Crippen molar-refractivity contribution in [2.75, 3.05) is 13.1 Å². The molecule has 0 saturated heterocycles. The fraction of sp³-hybridized carbons (Fsp3) is 0.750. The summed E-state index contributed by atoms with van der Waals surface area (Å²) in [5.74, 6) is 3.10. The fourth-order valence-corrected chi connectivity index (χ4v) is 2.72. The molecule has 3 unspecified atom stereocenters. The fourth-order valence-electron chi connectivity index (χ4n) is 2.72. The summed E-state index contributed by atoms with van der Waals surface area (Å²) in [5, 5.41) is 3.41. The van der Waals surface area contributed by atoms with Gasteiger partial charge in [-0.1, -0.05) is 20.8 Å². The van der Waals surface area contributed by atoms with Gasteiger partial charge in [-0.05, 0) is 57.2 Å². The summed E-state index contributed by atoms with van der Waals surface area (Å²) in [4.78, 5) is 9.50. The molecule has 1 N–H and O–H groups in total. The van der Waals surface area contributed by atoms with Crippen LogP contribution in [-0.2, 0) is 6.42 Å². The van der Waals surface area contributed by atoms with Crippen molar-refractivity contribution in [3.05, 3.63) is 22.8 Å². The largest absolute Gasteiger partial charge is 0.317 e. The van der Waals surface area contributed by atoms with Gasteiger partial charge in [-0.25, -0.2) is 9.97 Å². The molecule has 1 aliphatic rings. The molecule has 106 valence electrons. The van der Waals surface area contributed by atoms with Crippen LogP contribution in [0.4, 0.5) is 0 Å². The molecule has 1 saturated carbocycles. The second kappa shape index (κ2) is 6.00. The minimum atomic E-state index is 0.616. The SMILES string of the molecule is CCNCC(C)Cc1c(C)nc(C2CC2C)nc1C. The highest BCUT2D eigenvalue weighted by atomic mass is 14.9. The standard InChI is InChI=1S/C16H27N3/c1-6-17-9-10(2)7-15-12(4)18-16(19-13(15)5)14-8-11(14)3/h10-11,14,17H,6-9H2,1-5H3. The number of hydrogen-bond donors (Lipinski definition) is 1. The molecule has 3 nitrogen and oxygen atoms in total. The van der Waals surface area contributed by atoms with Gasteiger partial charge < -0.3 is 5.32 Å². The van der Waals surface area contributed by atoms with Gasteiger partial charge in [-0.2, -0.15) is 0 Å². The van der Waals surface area contributed by atoms with Crippen LogP contribution in [0.2, 0.25) is 0 Å². The van der Waals surface area contributed by atoms with Gasteiger partial charge in [0.05, 0.1) is 0 Å². The highest BCUT2D eigenvalue weighted by molar-refractivity contribution is 5.27. The van der Waals surface area contributed by atoms with E-state index < -0.39 is 0 Å². The van der Waals surface area contributed by atoms with E-state index in [2.05, 4.69) is 39.9 Å². The van der Waals surface area contributed by atoms with E-state index in [9.17, 15) is 0 Å². The summed E-state index contributed by atoms with van der Waals surface area (Å²) < 4.78 is 0. The average Bonchev–Trinajstić information content (AvgIpc) is 3.08. The van der Waals surface area contributed by atoms with Crippen LogP contribution in [0.25, 0.3) is 0 Å². The van der Waals surface area contributed by atoms with Crippen molar-refractivity contribution in [1.82, 2.24) is 15.3 Å². The van der Waals surface area contributed by atoms with Crippen LogP contribution in [0.1, 0.15) is 55.9 Å².